The van der Waals surface area contributed by atoms with Crippen molar-refractivity contribution in [2.24, 2.45) is 5.92 Å². The predicted octanol–water partition coefficient (Wildman–Crippen LogP) is 2.65. The standard InChI is InChI=1S/C10H10N2O3S/c11-5-7-2-1-3-15-10(7)8-4-9(12(13)14)16-6-8/h4,6-7,10H,1-3H2. The van der Waals surface area contributed by atoms with Crippen molar-refractivity contribution in [3.8, 4) is 6.07 Å². The Labute approximate surface area is 96.4 Å². The van der Waals surface area contributed by atoms with Gasteiger partial charge in [-0.1, -0.05) is 11.3 Å². The molecule has 16 heavy (non-hydrogen) atoms. The zero-order valence-electron chi connectivity index (χ0n) is 8.46. The summed E-state index contributed by atoms with van der Waals surface area (Å²) in [5.41, 5.74) is 0.753. The first-order valence-corrected chi connectivity index (χ1v) is 5.84. The van der Waals surface area contributed by atoms with Gasteiger partial charge >= 0.3 is 5.00 Å². The van der Waals surface area contributed by atoms with E-state index in [-0.39, 0.29) is 17.0 Å². The maximum Gasteiger partial charge on any atom is 0.324 e. The topological polar surface area (TPSA) is 76.2 Å². The molecule has 0 saturated carbocycles. The van der Waals surface area contributed by atoms with E-state index >= 15 is 0 Å². The van der Waals surface area contributed by atoms with Crippen molar-refractivity contribution in [1.82, 2.24) is 0 Å². The monoisotopic (exact) mass is 238 g/mol. The summed E-state index contributed by atoms with van der Waals surface area (Å²) in [5.74, 6) is -0.192. The zero-order valence-corrected chi connectivity index (χ0v) is 9.27. The normalized spacial score (nSPS) is 24.9. The lowest BCUT2D eigenvalue weighted by molar-refractivity contribution is -0.380. The van der Waals surface area contributed by atoms with E-state index in [1.54, 1.807) is 5.38 Å². The van der Waals surface area contributed by atoms with Gasteiger partial charge in [-0.2, -0.15) is 5.26 Å². The molecular weight excluding hydrogens is 228 g/mol. The summed E-state index contributed by atoms with van der Waals surface area (Å²) in [6, 6.07) is 3.71. The summed E-state index contributed by atoms with van der Waals surface area (Å²) in [4.78, 5) is 10.1. The number of nitro groups is 1. The number of nitrogens with zero attached hydrogens (tertiary/aromatic N) is 2. The highest BCUT2D eigenvalue weighted by molar-refractivity contribution is 7.13. The lowest BCUT2D eigenvalue weighted by atomic mass is 9.92. The van der Waals surface area contributed by atoms with Crippen molar-refractivity contribution in [3.63, 3.8) is 0 Å². The minimum atomic E-state index is -0.418. The lowest BCUT2D eigenvalue weighted by Gasteiger charge is -2.26. The summed E-state index contributed by atoms with van der Waals surface area (Å²) in [6.07, 6.45) is 1.37. The molecule has 2 atom stereocenters. The average Bonchev–Trinajstić information content (AvgIpc) is 2.78. The third-order valence-electron chi connectivity index (χ3n) is 2.60. The molecule has 5 nitrogen and oxygen atoms in total. The van der Waals surface area contributed by atoms with E-state index in [4.69, 9.17) is 10.00 Å². The summed E-state index contributed by atoms with van der Waals surface area (Å²) >= 11 is 1.08. The third kappa shape index (κ3) is 2.05. The van der Waals surface area contributed by atoms with E-state index in [1.165, 1.54) is 6.07 Å². The van der Waals surface area contributed by atoms with Crippen LogP contribution in [0.15, 0.2) is 11.4 Å². The van der Waals surface area contributed by atoms with Crippen LogP contribution in [0.5, 0.6) is 0 Å². The molecule has 1 aliphatic rings. The van der Waals surface area contributed by atoms with Crippen molar-refractivity contribution in [1.29, 1.82) is 5.26 Å². The smallest absolute Gasteiger partial charge is 0.324 e. The second-order valence-corrected chi connectivity index (χ2v) is 4.53. The first-order chi connectivity index (χ1) is 7.72. The maximum atomic E-state index is 10.6. The van der Waals surface area contributed by atoms with Crippen LogP contribution in [0.3, 0.4) is 0 Å². The molecule has 1 saturated heterocycles. The Morgan fingerprint density at radius 2 is 2.50 bits per heavy atom. The molecular formula is C10H10N2O3S. The van der Waals surface area contributed by atoms with Crippen LogP contribution in [-0.2, 0) is 4.74 Å². The van der Waals surface area contributed by atoms with Crippen molar-refractivity contribution in [2.45, 2.75) is 18.9 Å². The Kier molecular flexibility index (Phi) is 3.17. The first-order valence-electron chi connectivity index (χ1n) is 4.96. The average molecular weight is 238 g/mol. The molecule has 0 N–H and O–H groups in total. The second-order valence-electron chi connectivity index (χ2n) is 3.64. The van der Waals surface area contributed by atoms with Crippen LogP contribution in [-0.4, -0.2) is 11.5 Å². The fraction of sp³-hybridized carbons (Fsp3) is 0.500. The summed E-state index contributed by atoms with van der Waals surface area (Å²) in [7, 11) is 0. The quantitative estimate of drug-likeness (QED) is 0.586. The number of thiophene rings is 1. The Morgan fingerprint density at radius 1 is 1.69 bits per heavy atom. The first kappa shape index (κ1) is 11.0. The van der Waals surface area contributed by atoms with Crippen LogP contribution < -0.4 is 0 Å². The van der Waals surface area contributed by atoms with Gasteiger partial charge in [0.05, 0.1) is 23.0 Å². The molecule has 0 bridgehead atoms. The highest BCUT2D eigenvalue weighted by atomic mass is 32.1. The lowest BCUT2D eigenvalue weighted by Crippen LogP contribution is -2.20. The number of hydrogen-bond donors (Lipinski definition) is 0. The summed E-state index contributed by atoms with van der Waals surface area (Å²) in [5, 5.41) is 21.3. The molecule has 1 aromatic rings. The molecule has 0 spiro atoms. The molecule has 6 heteroatoms. The van der Waals surface area contributed by atoms with Crippen LogP contribution in [0.25, 0.3) is 0 Å². The van der Waals surface area contributed by atoms with Gasteiger partial charge in [0.2, 0.25) is 0 Å². The van der Waals surface area contributed by atoms with Crippen LogP contribution in [0.2, 0.25) is 0 Å². The van der Waals surface area contributed by atoms with Gasteiger partial charge in [-0.25, -0.2) is 0 Å². The molecule has 84 valence electrons. The van der Waals surface area contributed by atoms with Crippen molar-refractivity contribution in [2.75, 3.05) is 6.61 Å². The van der Waals surface area contributed by atoms with Gasteiger partial charge in [0.15, 0.2) is 0 Å². The minimum Gasteiger partial charge on any atom is -0.372 e. The Balaban J connectivity index is 2.21. The zero-order chi connectivity index (χ0) is 11.5. The van der Waals surface area contributed by atoms with E-state index < -0.39 is 4.92 Å². The molecule has 1 aromatic heterocycles. The summed E-state index contributed by atoms with van der Waals surface area (Å²) < 4.78 is 5.52. The molecule has 0 aliphatic carbocycles. The highest BCUT2D eigenvalue weighted by Crippen LogP contribution is 2.37. The summed E-state index contributed by atoms with van der Waals surface area (Å²) in [6.45, 7) is 0.618. The Hall–Kier alpha value is -1.45. The van der Waals surface area contributed by atoms with Crippen molar-refractivity contribution in [3.05, 3.63) is 27.1 Å². The Morgan fingerprint density at radius 3 is 3.12 bits per heavy atom. The Bertz CT molecular complexity index is 438. The van der Waals surface area contributed by atoms with E-state index in [1.807, 2.05) is 0 Å². The number of nitriles is 1. The van der Waals surface area contributed by atoms with E-state index in [0.29, 0.717) is 6.61 Å². The largest absolute Gasteiger partial charge is 0.372 e. The third-order valence-corrected chi connectivity index (χ3v) is 3.50. The van der Waals surface area contributed by atoms with E-state index in [0.717, 1.165) is 29.7 Å². The van der Waals surface area contributed by atoms with Crippen molar-refractivity contribution >= 4 is 16.3 Å². The van der Waals surface area contributed by atoms with E-state index in [9.17, 15) is 10.1 Å². The molecule has 1 aliphatic heterocycles. The van der Waals surface area contributed by atoms with Crippen LogP contribution in [0.1, 0.15) is 24.5 Å². The van der Waals surface area contributed by atoms with Crippen LogP contribution in [0, 0.1) is 27.4 Å². The fourth-order valence-electron chi connectivity index (χ4n) is 1.83. The van der Waals surface area contributed by atoms with Gasteiger partial charge in [-0.05, 0) is 18.4 Å². The maximum absolute atomic E-state index is 10.6. The number of rotatable bonds is 2. The number of ether oxygens (including phenoxy) is 1. The number of hydrogen-bond acceptors (Lipinski definition) is 5. The van der Waals surface area contributed by atoms with Crippen molar-refractivity contribution < 1.29 is 9.66 Å². The van der Waals surface area contributed by atoms with Gasteiger partial charge in [-0.15, -0.1) is 0 Å². The molecule has 0 aromatic carbocycles. The molecule has 1 fully saturated rings. The second kappa shape index (κ2) is 4.60. The van der Waals surface area contributed by atoms with E-state index in [2.05, 4.69) is 6.07 Å². The SMILES string of the molecule is N#CC1CCCOC1c1csc([N+](=O)[O-])c1. The van der Waals surface area contributed by atoms with Crippen LogP contribution >= 0.6 is 11.3 Å². The van der Waals surface area contributed by atoms with Crippen LogP contribution in [0.4, 0.5) is 5.00 Å². The van der Waals surface area contributed by atoms with Gasteiger partial charge < -0.3 is 4.74 Å². The van der Waals surface area contributed by atoms with Gasteiger partial charge in [0, 0.05) is 18.1 Å². The minimum absolute atomic E-state index is 0.0980. The van der Waals surface area contributed by atoms with Gasteiger partial charge in [0.1, 0.15) is 0 Å². The molecule has 2 heterocycles. The fourth-order valence-corrected chi connectivity index (χ4v) is 2.58. The molecule has 0 radical (unpaired) electrons. The van der Waals surface area contributed by atoms with Gasteiger partial charge in [0.25, 0.3) is 0 Å². The molecule has 0 amide bonds. The molecule has 2 unspecified atom stereocenters. The van der Waals surface area contributed by atoms with Gasteiger partial charge in [-0.3, -0.25) is 10.1 Å². The molecule has 2 rings (SSSR count). The predicted molar refractivity (Wildman–Crippen MR) is 58.0 cm³/mol. The highest BCUT2D eigenvalue weighted by Gasteiger charge is 2.29.